The lowest BCUT2D eigenvalue weighted by Gasteiger charge is -2.43. The molecule has 2 aliphatic heterocycles. The van der Waals surface area contributed by atoms with Crippen molar-refractivity contribution >= 4 is 9.84 Å². The minimum Gasteiger partial charge on any atom is -0.312 e. The van der Waals surface area contributed by atoms with Crippen molar-refractivity contribution in [3.63, 3.8) is 0 Å². The van der Waals surface area contributed by atoms with Crippen LogP contribution in [-0.2, 0) is 16.4 Å². The highest BCUT2D eigenvalue weighted by atomic mass is 32.2. The quantitative estimate of drug-likeness (QED) is 0.810. The first-order valence-corrected chi connectivity index (χ1v) is 11.0. The summed E-state index contributed by atoms with van der Waals surface area (Å²) in [6, 6.07) is 7.64. The van der Waals surface area contributed by atoms with Gasteiger partial charge in [-0.3, -0.25) is 9.78 Å². The van der Waals surface area contributed by atoms with E-state index in [1.165, 1.54) is 6.26 Å². The molecule has 0 saturated carbocycles. The van der Waals surface area contributed by atoms with Crippen molar-refractivity contribution in [2.24, 2.45) is 5.92 Å². The fourth-order valence-electron chi connectivity index (χ4n) is 4.24. The maximum absolute atomic E-state index is 12.7. The van der Waals surface area contributed by atoms with E-state index >= 15 is 0 Å². The predicted octanol–water partition coefficient (Wildman–Crippen LogP) is 1.37. The number of aromatic nitrogens is 2. The van der Waals surface area contributed by atoms with Crippen LogP contribution in [0.3, 0.4) is 0 Å². The summed E-state index contributed by atoms with van der Waals surface area (Å²) in [5, 5.41) is 0. The van der Waals surface area contributed by atoms with Crippen LogP contribution in [0.5, 0.6) is 0 Å². The predicted molar refractivity (Wildman–Crippen MR) is 101 cm³/mol. The Kier molecular flexibility index (Phi) is 4.44. The molecule has 2 aliphatic rings. The molecule has 2 atom stereocenters. The minimum atomic E-state index is -2.96. The third-order valence-corrected chi connectivity index (χ3v) is 6.33. The summed E-state index contributed by atoms with van der Waals surface area (Å²) < 4.78 is 24.9. The third-order valence-electron chi connectivity index (χ3n) is 5.41. The lowest BCUT2D eigenvalue weighted by atomic mass is 9.82. The highest BCUT2D eigenvalue weighted by Gasteiger charge is 2.35. The highest BCUT2D eigenvalue weighted by molar-refractivity contribution is 7.90. The molecule has 4 rings (SSSR count). The van der Waals surface area contributed by atoms with Gasteiger partial charge in [-0.25, -0.2) is 8.42 Å². The number of fused-ring (bicyclic) bond motifs is 4. The molecule has 1 fully saturated rings. The second-order valence-corrected chi connectivity index (χ2v) is 9.81. The molecule has 0 amide bonds. The third kappa shape index (κ3) is 3.59. The van der Waals surface area contributed by atoms with E-state index in [-0.39, 0.29) is 17.2 Å². The van der Waals surface area contributed by atoms with Gasteiger partial charge in [0.05, 0.1) is 5.75 Å². The van der Waals surface area contributed by atoms with Crippen LogP contribution in [0.2, 0.25) is 0 Å². The normalized spacial score (nSPS) is 22.8. The summed E-state index contributed by atoms with van der Waals surface area (Å²) in [6.07, 6.45) is 5.84. The minimum absolute atomic E-state index is 0.0423. The van der Waals surface area contributed by atoms with Gasteiger partial charge < -0.3 is 9.47 Å². The van der Waals surface area contributed by atoms with Crippen LogP contribution in [0.4, 0.5) is 0 Å². The van der Waals surface area contributed by atoms with E-state index < -0.39 is 9.84 Å². The first-order valence-electron chi connectivity index (χ1n) is 8.94. The number of pyridine rings is 2. The molecule has 1 saturated heterocycles. The van der Waals surface area contributed by atoms with Crippen molar-refractivity contribution in [3.05, 3.63) is 52.7 Å². The molecule has 0 spiro atoms. The van der Waals surface area contributed by atoms with Crippen molar-refractivity contribution in [3.8, 4) is 11.1 Å². The molecule has 138 valence electrons. The Hall–Kier alpha value is -1.99. The fourth-order valence-corrected chi connectivity index (χ4v) is 4.83. The van der Waals surface area contributed by atoms with Gasteiger partial charge in [0.1, 0.15) is 9.84 Å². The monoisotopic (exact) mass is 373 g/mol. The molecule has 4 heterocycles. The van der Waals surface area contributed by atoms with Gasteiger partial charge >= 0.3 is 0 Å². The maximum Gasteiger partial charge on any atom is 0.251 e. The molecule has 0 aliphatic carbocycles. The van der Waals surface area contributed by atoms with Crippen LogP contribution < -0.4 is 5.56 Å². The largest absolute Gasteiger partial charge is 0.312 e. The fraction of sp³-hybridized carbons (Fsp3) is 0.474. The molecule has 6 nitrogen and oxygen atoms in total. The van der Waals surface area contributed by atoms with Crippen LogP contribution >= 0.6 is 0 Å². The number of hydrogen-bond donors (Lipinski definition) is 0. The Bertz CT molecular complexity index is 969. The molecule has 26 heavy (non-hydrogen) atoms. The zero-order chi connectivity index (χ0) is 18.3. The van der Waals surface area contributed by atoms with Gasteiger partial charge in [0.25, 0.3) is 5.56 Å². The molecule has 2 bridgehead atoms. The van der Waals surface area contributed by atoms with Crippen LogP contribution in [0.25, 0.3) is 11.1 Å². The summed E-state index contributed by atoms with van der Waals surface area (Å²) in [4.78, 5) is 19.1. The lowest BCUT2D eigenvalue weighted by Crippen LogP contribution is -2.48. The summed E-state index contributed by atoms with van der Waals surface area (Å²) in [5.41, 5.74) is 2.96. The van der Waals surface area contributed by atoms with E-state index in [0.29, 0.717) is 19.0 Å². The summed E-state index contributed by atoms with van der Waals surface area (Å²) in [6.45, 7) is 2.95. The van der Waals surface area contributed by atoms with E-state index in [0.717, 1.165) is 36.3 Å². The smallest absolute Gasteiger partial charge is 0.251 e. The van der Waals surface area contributed by atoms with Crippen LogP contribution in [0.15, 0.2) is 41.5 Å². The number of nitrogens with zero attached hydrogens (tertiary/aromatic N) is 3. The number of hydrogen-bond acceptors (Lipinski definition) is 5. The average Bonchev–Trinajstić information content (AvgIpc) is 2.61. The standard InChI is InChI=1S/C19H23N3O3S/c1-26(24,25)6-5-21-11-14-7-17(13-21)18-8-16(9-19(23)22(18)12-14)15-3-2-4-20-10-15/h2-4,8-10,14,17H,5-7,11-13H2,1H3/t14-,17+/m0/s1. The van der Waals surface area contributed by atoms with Gasteiger partial charge in [0.2, 0.25) is 0 Å². The van der Waals surface area contributed by atoms with Gasteiger partial charge in [-0.1, -0.05) is 6.07 Å². The average molecular weight is 373 g/mol. The van der Waals surface area contributed by atoms with E-state index in [9.17, 15) is 13.2 Å². The second kappa shape index (κ2) is 6.63. The Morgan fingerprint density at radius 1 is 1.19 bits per heavy atom. The summed E-state index contributed by atoms with van der Waals surface area (Å²) in [7, 11) is -2.96. The van der Waals surface area contributed by atoms with Crippen molar-refractivity contribution in [1.29, 1.82) is 0 Å². The van der Waals surface area contributed by atoms with Crippen LogP contribution in [0, 0.1) is 5.92 Å². The molecular formula is C19H23N3O3S. The van der Waals surface area contributed by atoms with E-state index in [4.69, 9.17) is 0 Å². The zero-order valence-corrected chi connectivity index (χ0v) is 15.7. The summed E-state index contributed by atoms with van der Waals surface area (Å²) >= 11 is 0. The van der Waals surface area contributed by atoms with Crippen molar-refractivity contribution in [2.45, 2.75) is 18.9 Å². The Balaban J connectivity index is 1.64. The maximum atomic E-state index is 12.7. The molecule has 0 aromatic carbocycles. The number of sulfone groups is 1. The second-order valence-electron chi connectivity index (χ2n) is 7.55. The number of likely N-dealkylation sites (tertiary alicyclic amines) is 1. The van der Waals surface area contributed by atoms with Crippen molar-refractivity contribution in [1.82, 2.24) is 14.5 Å². The van der Waals surface area contributed by atoms with Gasteiger partial charge in [0, 0.05) is 68.1 Å². The van der Waals surface area contributed by atoms with E-state index in [2.05, 4.69) is 16.0 Å². The van der Waals surface area contributed by atoms with Crippen molar-refractivity contribution in [2.75, 3.05) is 31.6 Å². The lowest BCUT2D eigenvalue weighted by molar-refractivity contribution is 0.126. The zero-order valence-electron chi connectivity index (χ0n) is 14.8. The van der Waals surface area contributed by atoms with Crippen molar-refractivity contribution < 1.29 is 8.42 Å². The summed E-state index contributed by atoms with van der Waals surface area (Å²) in [5.74, 6) is 0.865. The van der Waals surface area contributed by atoms with Gasteiger partial charge in [-0.15, -0.1) is 0 Å². The Morgan fingerprint density at radius 3 is 2.77 bits per heavy atom. The van der Waals surface area contributed by atoms with Crippen LogP contribution in [0.1, 0.15) is 18.0 Å². The van der Waals surface area contributed by atoms with E-state index in [1.54, 1.807) is 18.5 Å². The number of piperidine rings is 1. The topological polar surface area (TPSA) is 72.3 Å². The Labute approximate surface area is 153 Å². The van der Waals surface area contributed by atoms with E-state index in [1.807, 2.05) is 16.7 Å². The SMILES string of the molecule is CS(=O)(=O)CCN1C[C@@H]2C[C@H](C1)c1cc(-c3cccnc3)cc(=O)n1C2. The Morgan fingerprint density at radius 2 is 2.04 bits per heavy atom. The van der Waals surface area contributed by atoms with Gasteiger partial charge in [0.15, 0.2) is 0 Å². The van der Waals surface area contributed by atoms with Gasteiger partial charge in [-0.05, 0) is 30.0 Å². The highest BCUT2D eigenvalue weighted by Crippen LogP contribution is 2.36. The molecular weight excluding hydrogens is 350 g/mol. The molecule has 2 aromatic rings. The molecule has 0 unspecified atom stereocenters. The first-order chi connectivity index (χ1) is 12.4. The molecule has 7 heteroatoms. The van der Waals surface area contributed by atoms with Gasteiger partial charge in [-0.2, -0.15) is 0 Å². The first kappa shape index (κ1) is 17.4. The molecule has 0 radical (unpaired) electrons. The molecule has 0 N–H and O–H groups in total. The molecule has 2 aromatic heterocycles. The van der Waals surface area contributed by atoms with Crippen LogP contribution in [-0.4, -0.2) is 54.5 Å². The number of rotatable bonds is 4.